The molecule has 88 valence electrons. The average Bonchev–Trinajstić information content (AvgIpc) is 2.95. The highest BCUT2D eigenvalue weighted by molar-refractivity contribution is 6.10. The summed E-state index contributed by atoms with van der Waals surface area (Å²) >= 11 is 0. The van der Waals surface area contributed by atoms with Gasteiger partial charge in [-0.25, -0.2) is 0 Å². The number of hydrogen-bond acceptors (Lipinski definition) is 1. The molecular formula is C15H17NO. The van der Waals surface area contributed by atoms with Crippen LogP contribution in [-0.2, 0) is 0 Å². The fraction of sp³-hybridized carbons (Fsp3) is 0.400. The van der Waals surface area contributed by atoms with E-state index in [2.05, 4.69) is 11.9 Å². The molecule has 0 radical (unpaired) electrons. The lowest BCUT2D eigenvalue weighted by molar-refractivity contribution is 0.0825. The number of aromatic nitrogens is 1. The minimum Gasteiger partial charge on any atom is -0.360 e. The van der Waals surface area contributed by atoms with Crippen molar-refractivity contribution in [3.8, 4) is 0 Å². The molecule has 1 heterocycles. The fourth-order valence-corrected chi connectivity index (χ4v) is 2.97. The van der Waals surface area contributed by atoms with Gasteiger partial charge in [0.1, 0.15) is 0 Å². The molecule has 17 heavy (non-hydrogen) atoms. The predicted octanol–water partition coefficient (Wildman–Crippen LogP) is 3.93. The van der Waals surface area contributed by atoms with Crippen molar-refractivity contribution in [2.75, 3.05) is 0 Å². The number of benzene rings is 1. The van der Waals surface area contributed by atoms with Crippen LogP contribution in [0.3, 0.4) is 0 Å². The van der Waals surface area contributed by atoms with Crippen LogP contribution in [0.4, 0.5) is 0 Å². The van der Waals surface area contributed by atoms with Gasteiger partial charge in [0.05, 0.1) is 0 Å². The van der Waals surface area contributed by atoms with Gasteiger partial charge in [-0.3, -0.25) is 4.79 Å². The first-order valence-corrected chi connectivity index (χ1v) is 6.32. The van der Waals surface area contributed by atoms with Crippen molar-refractivity contribution in [2.24, 2.45) is 5.41 Å². The Kier molecular flexibility index (Phi) is 2.32. The Morgan fingerprint density at radius 2 is 1.94 bits per heavy atom. The number of rotatable bonds is 2. The molecule has 1 aliphatic carbocycles. The summed E-state index contributed by atoms with van der Waals surface area (Å²) in [7, 11) is 0. The molecule has 0 bridgehead atoms. The summed E-state index contributed by atoms with van der Waals surface area (Å²) in [6, 6.07) is 8.02. The minimum atomic E-state index is -0.134. The Morgan fingerprint density at radius 3 is 2.71 bits per heavy atom. The lowest BCUT2D eigenvalue weighted by atomic mass is 9.81. The van der Waals surface area contributed by atoms with Crippen molar-refractivity contribution in [3.05, 3.63) is 36.0 Å². The molecule has 0 amide bonds. The van der Waals surface area contributed by atoms with E-state index in [1.54, 1.807) is 0 Å². The van der Waals surface area contributed by atoms with Crippen LogP contribution in [-0.4, -0.2) is 10.8 Å². The molecule has 0 unspecified atom stereocenters. The Balaban J connectivity index is 2.07. The molecule has 1 aliphatic rings. The maximum atomic E-state index is 12.6. The zero-order valence-electron chi connectivity index (χ0n) is 10.1. The molecule has 2 aromatic rings. The highest BCUT2D eigenvalue weighted by atomic mass is 16.1. The van der Waals surface area contributed by atoms with Crippen LogP contribution in [0.1, 0.15) is 43.0 Å². The van der Waals surface area contributed by atoms with E-state index < -0.39 is 0 Å². The molecule has 1 aromatic heterocycles. The summed E-state index contributed by atoms with van der Waals surface area (Å²) in [6.45, 7) is 2.12. The number of ketones is 1. The van der Waals surface area contributed by atoms with E-state index in [-0.39, 0.29) is 5.41 Å². The van der Waals surface area contributed by atoms with E-state index in [1.807, 2.05) is 30.5 Å². The number of H-pyrrole nitrogens is 1. The smallest absolute Gasteiger partial charge is 0.170 e. The first-order chi connectivity index (χ1) is 8.21. The molecule has 1 fully saturated rings. The standard InChI is InChI=1S/C15H17NO/c1-15(8-4-5-9-15)14(17)12-10-16-13-7-3-2-6-11(12)13/h2-3,6-7,10,16H,4-5,8-9H2,1H3. The molecule has 2 nitrogen and oxygen atoms in total. The predicted molar refractivity (Wildman–Crippen MR) is 69.2 cm³/mol. The second-order valence-corrected chi connectivity index (χ2v) is 5.34. The molecule has 1 N–H and O–H groups in total. The van der Waals surface area contributed by atoms with Crippen LogP contribution in [0.2, 0.25) is 0 Å². The number of aromatic amines is 1. The van der Waals surface area contributed by atoms with Gasteiger partial charge >= 0.3 is 0 Å². The minimum absolute atomic E-state index is 0.134. The molecule has 1 aromatic carbocycles. The SMILES string of the molecule is CC1(C(=O)c2c[nH]c3ccccc23)CCCC1. The van der Waals surface area contributed by atoms with Crippen LogP contribution in [0.15, 0.2) is 30.5 Å². The number of nitrogens with one attached hydrogen (secondary N) is 1. The van der Waals surface area contributed by atoms with Gasteiger partial charge in [0.2, 0.25) is 0 Å². The number of carbonyl (C=O) groups excluding carboxylic acids is 1. The number of fused-ring (bicyclic) bond motifs is 1. The second kappa shape index (κ2) is 3.73. The van der Waals surface area contributed by atoms with Crippen molar-refractivity contribution in [3.63, 3.8) is 0 Å². The van der Waals surface area contributed by atoms with Crippen LogP contribution in [0, 0.1) is 5.41 Å². The number of Topliss-reactive ketones (excluding diaryl/α,β-unsaturated/α-hetero) is 1. The van der Waals surface area contributed by atoms with Gasteiger partial charge in [-0.2, -0.15) is 0 Å². The second-order valence-electron chi connectivity index (χ2n) is 5.34. The van der Waals surface area contributed by atoms with Crippen LogP contribution in [0.5, 0.6) is 0 Å². The Bertz CT molecular complexity index is 561. The summed E-state index contributed by atoms with van der Waals surface area (Å²) in [6.07, 6.45) is 6.31. The molecule has 0 saturated heterocycles. The van der Waals surface area contributed by atoms with E-state index in [0.717, 1.165) is 29.3 Å². The van der Waals surface area contributed by atoms with Gasteiger partial charge in [0, 0.05) is 28.1 Å². The van der Waals surface area contributed by atoms with Crippen molar-refractivity contribution in [1.29, 1.82) is 0 Å². The lowest BCUT2D eigenvalue weighted by Gasteiger charge is -2.21. The van der Waals surface area contributed by atoms with Gasteiger partial charge in [-0.1, -0.05) is 38.0 Å². The summed E-state index contributed by atoms with van der Waals surface area (Å²) in [5.74, 6) is 0.312. The third-order valence-corrected chi connectivity index (χ3v) is 4.09. The molecule has 2 heteroatoms. The highest BCUT2D eigenvalue weighted by Gasteiger charge is 2.37. The zero-order chi connectivity index (χ0) is 11.9. The number of hydrogen-bond donors (Lipinski definition) is 1. The van der Waals surface area contributed by atoms with Gasteiger partial charge in [0.25, 0.3) is 0 Å². The van der Waals surface area contributed by atoms with E-state index in [9.17, 15) is 4.79 Å². The molecule has 1 saturated carbocycles. The maximum Gasteiger partial charge on any atom is 0.170 e. The normalized spacial score (nSPS) is 18.6. The van der Waals surface area contributed by atoms with E-state index in [0.29, 0.717) is 5.78 Å². The van der Waals surface area contributed by atoms with Crippen LogP contribution >= 0.6 is 0 Å². The zero-order valence-corrected chi connectivity index (χ0v) is 10.1. The van der Waals surface area contributed by atoms with E-state index >= 15 is 0 Å². The molecular weight excluding hydrogens is 210 g/mol. The fourth-order valence-electron chi connectivity index (χ4n) is 2.97. The molecule has 0 spiro atoms. The van der Waals surface area contributed by atoms with Crippen molar-refractivity contribution in [1.82, 2.24) is 4.98 Å². The number of carbonyl (C=O) groups is 1. The van der Waals surface area contributed by atoms with E-state index in [1.165, 1.54) is 12.8 Å². The Labute approximate surface area is 101 Å². The maximum absolute atomic E-state index is 12.6. The van der Waals surface area contributed by atoms with Gasteiger partial charge in [-0.15, -0.1) is 0 Å². The summed E-state index contributed by atoms with van der Waals surface area (Å²) in [5.41, 5.74) is 1.78. The van der Waals surface area contributed by atoms with Gasteiger partial charge in [0.15, 0.2) is 5.78 Å². The van der Waals surface area contributed by atoms with Crippen molar-refractivity contribution < 1.29 is 4.79 Å². The first kappa shape index (κ1) is 10.6. The summed E-state index contributed by atoms with van der Waals surface area (Å²) in [5, 5.41) is 1.06. The molecule has 0 atom stereocenters. The molecule has 0 aliphatic heterocycles. The average molecular weight is 227 g/mol. The van der Waals surface area contributed by atoms with Gasteiger partial charge < -0.3 is 4.98 Å². The summed E-state index contributed by atoms with van der Waals surface area (Å²) < 4.78 is 0. The van der Waals surface area contributed by atoms with Crippen molar-refractivity contribution >= 4 is 16.7 Å². The quantitative estimate of drug-likeness (QED) is 0.775. The summed E-state index contributed by atoms with van der Waals surface area (Å²) in [4.78, 5) is 15.8. The number of para-hydroxylation sites is 1. The van der Waals surface area contributed by atoms with E-state index in [4.69, 9.17) is 0 Å². The third kappa shape index (κ3) is 1.59. The third-order valence-electron chi connectivity index (χ3n) is 4.09. The monoisotopic (exact) mass is 227 g/mol. The molecule has 3 rings (SSSR count). The van der Waals surface area contributed by atoms with Crippen LogP contribution < -0.4 is 0 Å². The topological polar surface area (TPSA) is 32.9 Å². The Morgan fingerprint density at radius 1 is 1.24 bits per heavy atom. The Hall–Kier alpha value is -1.57. The van der Waals surface area contributed by atoms with Gasteiger partial charge in [-0.05, 0) is 18.9 Å². The van der Waals surface area contributed by atoms with Crippen LogP contribution in [0.25, 0.3) is 10.9 Å². The van der Waals surface area contributed by atoms with Crippen molar-refractivity contribution in [2.45, 2.75) is 32.6 Å². The lowest BCUT2D eigenvalue weighted by Crippen LogP contribution is -2.24. The first-order valence-electron chi connectivity index (χ1n) is 6.32. The largest absolute Gasteiger partial charge is 0.360 e. The highest BCUT2D eigenvalue weighted by Crippen LogP contribution is 2.41.